The largest absolute Gasteiger partial charge is 0.354 e. The second-order valence-electron chi connectivity index (χ2n) is 9.91. The fourth-order valence-corrected chi connectivity index (χ4v) is 6.66. The molecule has 0 aromatic heterocycles. The van der Waals surface area contributed by atoms with Crippen molar-refractivity contribution in [2.75, 3.05) is 6.54 Å². The highest BCUT2D eigenvalue weighted by Crippen LogP contribution is 2.55. The molecule has 0 unspecified atom stereocenters. The first-order chi connectivity index (χ1) is 16.1. The zero-order valence-electron chi connectivity index (χ0n) is 18.7. The van der Waals surface area contributed by atoms with Crippen molar-refractivity contribution < 1.29 is 14.4 Å². The first kappa shape index (κ1) is 20.4. The molecule has 1 heterocycles. The Morgan fingerprint density at radius 2 is 1.42 bits per heavy atom. The van der Waals surface area contributed by atoms with E-state index in [0.29, 0.717) is 25.3 Å². The van der Waals surface area contributed by atoms with Crippen molar-refractivity contribution in [3.63, 3.8) is 0 Å². The molecule has 3 amide bonds. The average molecular weight is 441 g/mol. The van der Waals surface area contributed by atoms with Crippen molar-refractivity contribution >= 4 is 17.7 Å². The van der Waals surface area contributed by atoms with Gasteiger partial charge in [-0.3, -0.25) is 19.3 Å². The maximum absolute atomic E-state index is 13.1. The summed E-state index contributed by atoms with van der Waals surface area (Å²) in [6.45, 7) is 2.21. The molecule has 5 heteroatoms. The molecule has 0 spiro atoms. The van der Waals surface area contributed by atoms with E-state index < -0.39 is 6.04 Å². The molecule has 7 rings (SSSR count). The van der Waals surface area contributed by atoms with Gasteiger partial charge in [-0.2, -0.15) is 0 Å². The molecule has 33 heavy (non-hydrogen) atoms. The van der Waals surface area contributed by atoms with Crippen LogP contribution in [0.2, 0.25) is 0 Å². The Balaban J connectivity index is 1.19. The van der Waals surface area contributed by atoms with Gasteiger partial charge in [0.05, 0.1) is 11.8 Å². The number of carbonyl (C=O) groups is 3. The van der Waals surface area contributed by atoms with Crippen LogP contribution in [0.15, 0.2) is 60.7 Å². The lowest BCUT2D eigenvalue weighted by molar-refractivity contribution is -0.147. The van der Waals surface area contributed by atoms with Gasteiger partial charge in [0, 0.05) is 18.4 Å². The van der Waals surface area contributed by atoms with Crippen LogP contribution in [0.4, 0.5) is 0 Å². The SMILES string of the molecule is C[C@H](C(=O)NC[C@@H]1CC2c3ccccc3C1c1ccccc12)N1C(=O)[C@H]2CC=CC[C@H]2C1=O. The van der Waals surface area contributed by atoms with Crippen LogP contribution in [-0.2, 0) is 14.4 Å². The van der Waals surface area contributed by atoms with Gasteiger partial charge in [-0.15, -0.1) is 0 Å². The molecule has 1 aliphatic heterocycles. The molecule has 0 saturated carbocycles. The highest BCUT2D eigenvalue weighted by Gasteiger charge is 2.50. The minimum atomic E-state index is -0.782. The van der Waals surface area contributed by atoms with Gasteiger partial charge in [-0.25, -0.2) is 0 Å². The summed E-state index contributed by atoms with van der Waals surface area (Å²) in [4.78, 5) is 40.1. The number of carbonyl (C=O) groups excluding carboxylic acids is 3. The van der Waals surface area contributed by atoms with Crippen LogP contribution < -0.4 is 5.32 Å². The van der Waals surface area contributed by atoms with Crippen molar-refractivity contribution in [3.05, 3.63) is 82.9 Å². The van der Waals surface area contributed by atoms with E-state index in [2.05, 4.69) is 53.8 Å². The standard InChI is InChI=1S/C28H28N2O3/c1-16(30-27(32)22-12-6-7-13-23(22)28(30)33)26(31)29-15-17-14-24-18-8-2-4-10-20(18)25(17)21-11-5-3-9-19(21)24/h2-11,16-17,22-25H,12-15H2,1H3,(H,29,31)/t16-,17+,22-,23+,24?,25?/m1/s1. The normalized spacial score (nSPS) is 30.0. The molecule has 2 aromatic rings. The maximum Gasteiger partial charge on any atom is 0.243 e. The predicted octanol–water partition coefficient (Wildman–Crippen LogP) is 3.74. The highest BCUT2D eigenvalue weighted by molar-refractivity contribution is 6.08. The molecule has 5 aliphatic rings. The Bertz CT molecular complexity index is 1110. The third-order valence-corrected chi connectivity index (χ3v) is 8.27. The number of imide groups is 1. The maximum atomic E-state index is 13.1. The van der Waals surface area contributed by atoms with Crippen molar-refractivity contribution in [2.24, 2.45) is 17.8 Å². The number of hydrogen-bond donors (Lipinski definition) is 1. The van der Waals surface area contributed by atoms with Gasteiger partial charge in [-0.05, 0) is 54.4 Å². The summed E-state index contributed by atoms with van der Waals surface area (Å²) in [5, 5.41) is 3.10. The number of allylic oxidation sites excluding steroid dienone is 2. The van der Waals surface area contributed by atoms with Gasteiger partial charge >= 0.3 is 0 Å². The predicted molar refractivity (Wildman–Crippen MR) is 124 cm³/mol. The second-order valence-corrected chi connectivity index (χ2v) is 9.91. The van der Waals surface area contributed by atoms with Gasteiger partial charge in [0.1, 0.15) is 6.04 Å². The first-order valence-electron chi connectivity index (χ1n) is 12.0. The summed E-state index contributed by atoms with van der Waals surface area (Å²) in [6.07, 6.45) is 6.10. The van der Waals surface area contributed by atoms with Crippen LogP contribution in [0, 0.1) is 17.8 Å². The molecule has 2 aromatic carbocycles. The van der Waals surface area contributed by atoms with E-state index in [0.717, 1.165) is 6.42 Å². The van der Waals surface area contributed by atoms with Crippen molar-refractivity contribution in [2.45, 2.75) is 44.1 Å². The minimum Gasteiger partial charge on any atom is -0.354 e. The Morgan fingerprint density at radius 1 is 0.909 bits per heavy atom. The molecule has 4 aliphatic carbocycles. The molecular weight excluding hydrogens is 412 g/mol. The fourth-order valence-electron chi connectivity index (χ4n) is 6.66. The number of benzene rings is 2. The number of hydrogen-bond acceptors (Lipinski definition) is 3. The van der Waals surface area contributed by atoms with Gasteiger partial charge in [0.2, 0.25) is 17.7 Å². The van der Waals surface area contributed by atoms with E-state index in [1.165, 1.54) is 27.2 Å². The smallest absolute Gasteiger partial charge is 0.243 e. The summed E-state index contributed by atoms with van der Waals surface area (Å²) in [5.74, 6) is -0.368. The lowest BCUT2D eigenvalue weighted by atomic mass is 9.59. The molecule has 1 saturated heterocycles. The van der Waals surface area contributed by atoms with Gasteiger partial charge < -0.3 is 5.32 Å². The van der Waals surface area contributed by atoms with Crippen molar-refractivity contribution in [1.29, 1.82) is 0 Å². The van der Waals surface area contributed by atoms with Gasteiger partial charge in [0.15, 0.2) is 0 Å². The van der Waals surface area contributed by atoms with E-state index in [9.17, 15) is 14.4 Å². The van der Waals surface area contributed by atoms with Crippen LogP contribution in [0.3, 0.4) is 0 Å². The molecule has 5 nitrogen and oxygen atoms in total. The number of likely N-dealkylation sites (tertiary alicyclic amines) is 1. The summed E-state index contributed by atoms with van der Waals surface area (Å²) in [7, 11) is 0. The minimum absolute atomic E-state index is 0.198. The highest BCUT2D eigenvalue weighted by atomic mass is 16.2. The first-order valence-corrected chi connectivity index (χ1v) is 12.0. The fraction of sp³-hybridized carbons (Fsp3) is 0.393. The molecular formula is C28H28N2O3. The van der Waals surface area contributed by atoms with E-state index in [1.807, 2.05) is 12.2 Å². The van der Waals surface area contributed by atoms with Crippen LogP contribution in [0.25, 0.3) is 0 Å². The molecule has 4 atom stereocenters. The third-order valence-electron chi connectivity index (χ3n) is 8.27. The Kier molecular flexibility index (Phi) is 4.75. The van der Waals surface area contributed by atoms with Gasteiger partial charge in [-0.1, -0.05) is 60.7 Å². The average Bonchev–Trinajstić information content (AvgIpc) is 3.12. The van der Waals surface area contributed by atoms with E-state index in [-0.39, 0.29) is 41.4 Å². The topological polar surface area (TPSA) is 66.5 Å². The van der Waals surface area contributed by atoms with Crippen LogP contribution >= 0.6 is 0 Å². The Labute approximate surface area is 193 Å². The van der Waals surface area contributed by atoms with E-state index in [1.54, 1.807) is 6.92 Å². The Morgan fingerprint density at radius 3 is 1.97 bits per heavy atom. The van der Waals surface area contributed by atoms with Crippen LogP contribution in [0.1, 0.15) is 60.3 Å². The summed E-state index contributed by atoms with van der Waals surface area (Å²) in [5.41, 5.74) is 5.53. The van der Waals surface area contributed by atoms with Crippen molar-refractivity contribution in [1.82, 2.24) is 10.2 Å². The van der Waals surface area contributed by atoms with E-state index in [4.69, 9.17) is 0 Å². The number of rotatable bonds is 4. The molecule has 1 N–H and O–H groups in total. The zero-order valence-corrected chi connectivity index (χ0v) is 18.7. The number of fused-ring (bicyclic) bond motifs is 2. The number of nitrogens with one attached hydrogen (secondary N) is 1. The third kappa shape index (κ3) is 3.01. The molecule has 168 valence electrons. The van der Waals surface area contributed by atoms with Crippen LogP contribution in [0.5, 0.6) is 0 Å². The summed E-state index contributed by atoms with van der Waals surface area (Å²) >= 11 is 0. The van der Waals surface area contributed by atoms with E-state index >= 15 is 0 Å². The molecule has 1 fully saturated rings. The summed E-state index contributed by atoms with van der Waals surface area (Å²) in [6, 6.07) is 16.5. The lowest BCUT2D eigenvalue weighted by Crippen LogP contribution is -2.50. The van der Waals surface area contributed by atoms with Crippen LogP contribution in [-0.4, -0.2) is 35.2 Å². The monoisotopic (exact) mass is 440 g/mol. The molecule has 0 radical (unpaired) electrons. The lowest BCUT2D eigenvalue weighted by Gasteiger charge is -2.45. The number of nitrogens with zero attached hydrogens (tertiary/aromatic N) is 1. The second kappa shape index (κ2) is 7.68. The Hall–Kier alpha value is -3.21. The molecule has 2 bridgehead atoms. The van der Waals surface area contributed by atoms with Crippen molar-refractivity contribution in [3.8, 4) is 0 Å². The van der Waals surface area contributed by atoms with Gasteiger partial charge in [0.25, 0.3) is 0 Å². The summed E-state index contributed by atoms with van der Waals surface area (Å²) < 4.78 is 0. The number of amides is 3. The zero-order chi connectivity index (χ0) is 22.7. The quantitative estimate of drug-likeness (QED) is 0.582.